The molecule has 6 nitrogen and oxygen atoms in total. The highest BCUT2D eigenvalue weighted by Crippen LogP contribution is 2.22. The summed E-state index contributed by atoms with van der Waals surface area (Å²) < 4.78 is 1.84. The number of carbonyl (C=O) groups is 2. The highest BCUT2D eigenvalue weighted by molar-refractivity contribution is 5.87. The predicted octanol–water partition coefficient (Wildman–Crippen LogP) is 1.04. The van der Waals surface area contributed by atoms with Crippen molar-refractivity contribution in [1.82, 2.24) is 14.7 Å². The average Bonchev–Trinajstić information content (AvgIpc) is 2.94. The smallest absolute Gasteiger partial charge is 0.326 e. The van der Waals surface area contributed by atoms with Gasteiger partial charge >= 0.3 is 5.97 Å². The molecule has 1 unspecified atom stereocenters. The van der Waals surface area contributed by atoms with E-state index in [0.29, 0.717) is 19.4 Å². The van der Waals surface area contributed by atoms with Crippen LogP contribution in [0.2, 0.25) is 0 Å². The second kappa shape index (κ2) is 5.42. The van der Waals surface area contributed by atoms with Crippen LogP contribution in [0, 0.1) is 0 Å². The molecule has 0 saturated carbocycles. The van der Waals surface area contributed by atoms with E-state index in [4.69, 9.17) is 5.11 Å². The summed E-state index contributed by atoms with van der Waals surface area (Å²) in [5.41, 5.74) is 1.87. The molecular weight excluding hydrogens is 246 g/mol. The molecule has 1 aromatic rings. The number of nitrogens with zero attached hydrogens (tertiary/aromatic N) is 3. The number of aryl methyl sites for hydroxylation is 2. The Balaban J connectivity index is 2.21. The van der Waals surface area contributed by atoms with E-state index in [1.54, 1.807) is 0 Å². The predicted molar refractivity (Wildman–Crippen MR) is 68.5 cm³/mol. The number of carbonyl (C=O) groups excluding carboxylic acids is 1. The first-order valence-electron chi connectivity index (χ1n) is 6.64. The molecule has 0 spiro atoms. The van der Waals surface area contributed by atoms with Crippen LogP contribution in [0.25, 0.3) is 0 Å². The topological polar surface area (TPSA) is 75.4 Å². The Hall–Kier alpha value is -1.85. The molecule has 1 saturated heterocycles. The van der Waals surface area contributed by atoms with E-state index < -0.39 is 12.0 Å². The molecule has 1 N–H and O–H groups in total. The number of hydrogen-bond donors (Lipinski definition) is 1. The fourth-order valence-electron chi connectivity index (χ4n) is 2.45. The molecule has 0 radical (unpaired) electrons. The third-order valence-electron chi connectivity index (χ3n) is 3.52. The minimum atomic E-state index is -0.927. The van der Waals surface area contributed by atoms with Crippen LogP contribution < -0.4 is 0 Å². The van der Waals surface area contributed by atoms with Gasteiger partial charge in [0.15, 0.2) is 0 Å². The van der Waals surface area contributed by atoms with Crippen molar-refractivity contribution in [1.29, 1.82) is 0 Å². The van der Waals surface area contributed by atoms with Crippen LogP contribution in [-0.2, 0) is 29.1 Å². The number of carboxylic acids is 1. The molecule has 1 aliphatic heterocycles. The maximum atomic E-state index is 11.8. The van der Waals surface area contributed by atoms with Gasteiger partial charge in [0.2, 0.25) is 5.91 Å². The maximum Gasteiger partial charge on any atom is 0.326 e. The minimum absolute atomic E-state index is 0.0886. The second-order valence-electron chi connectivity index (χ2n) is 4.71. The number of rotatable bonds is 5. The van der Waals surface area contributed by atoms with Gasteiger partial charge in [0.1, 0.15) is 6.04 Å². The third kappa shape index (κ3) is 2.62. The lowest BCUT2D eigenvalue weighted by molar-refractivity contribution is -0.146. The molecule has 104 valence electrons. The summed E-state index contributed by atoms with van der Waals surface area (Å²) in [6.07, 6.45) is 1.54. The first kappa shape index (κ1) is 13.6. The summed E-state index contributed by atoms with van der Waals surface area (Å²) in [5, 5.41) is 13.6. The van der Waals surface area contributed by atoms with Crippen molar-refractivity contribution in [2.24, 2.45) is 0 Å². The van der Waals surface area contributed by atoms with E-state index >= 15 is 0 Å². The van der Waals surface area contributed by atoms with Gasteiger partial charge in [-0.05, 0) is 25.8 Å². The molecule has 2 heterocycles. The summed E-state index contributed by atoms with van der Waals surface area (Å²) in [6, 6.07) is 1.26. The number of likely N-dealkylation sites (tertiary alicyclic amines) is 1. The zero-order valence-corrected chi connectivity index (χ0v) is 11.3. The summed E-state index contributed by atoms with van der Waals surface area (Å²) in [7, 11) is 0. The maximum absolute atomic E-state index is 11.8. The summed E-state index contributed by atoms with van der Waals surface area (Å²) >= 11 is 0. The zero-order valence-electron chi connectivity index (χ0n) is 11.3. The largest absolute Gasteiger partial charge is 0.480 e. The SMILES string of the molecule is CCc1cc(CN2C(=O)CCC2C(=O)O)n(CC)n1. The quantitative estimate of drug-likeness (QED) is 0.863. The summed E-state index contributed by atoms with van der Waals surface area (Å²) in [5.74, 6) is -1.02. The normalized spacial score (nSPS) is 19.2. The lowest BCUT2D eigenvalue weighted by Gasteiger charge is -2.21. The average molecular weight is 265 g/mol. The fraction of sp³-hybridized carbons (Fsp3) is 0.615. The number of hydrogen-bond acceptors (Lipinski definition) is 3. The standard InChI is InChI=1S/C13H19N3O3/c1-3-9-7-10(16(4-2)14-9)8-15-11(13(18)19)5-6-12(15)17/h7,11H,3-6,8H2,1-2H3,(H,18,19). The Morgan fingerprint density at radius 1 is 1.53 bits per heavy atom. The molecule has 1 aliphatic rings. The number of aromatic nitrogens is 2. The Kier molecular flexibility index (Phi) is 3.87. The third-order valence-corrected chi connectivity index (χ3v) is 3.52. The van der Waals surface area contributed by atoms with Crippen molar-refractivity contribution in [2.45, 2.75) is 52.2 Å². The van der Waals surface area contributed by atoms with Gasteiger partial charge in [-0.25, -0.2) is 4.79 Å². The lowest BCUT2D eigenvalue weighted by atomic mass is 10.2. The molecule has 1 aromatic heterocycles. The Labute approximate surface area is 112 Å². The Morgan fingerprint density at radius 3 is 2.84 bits per heavy atom. The van der Waals surface area contributed by atoms with Crippen molar-refractivity contribution in [3.8, 4) is 0 Å². The van der Waals surface area contributed by atoms with Gasteiger partial charge in [-0.2, -0.15) is 5.10 Å². The van der Waals surface area contributed by atoms with E-state index in [2.05, 4.69) is 5.10 Å². The number of carboxylic acid groups (broad SMARTS) is 1. The molecule has 6 heteroatoms. The molecule has 2 rings (SSSR count). The van der Waals surface area contributed by atoms with Crippen LogP contribution in [-0.4, -0.2) is 37.7 Å². The molecule has 1 atom stereocenters. The van der Waals surface area contributed by atoms with Crippen molar-refractivity contribution >= 4 is 11.9 Å². The highest BCUT2D eigenvalue weighted by Gasteiger charge is 2.36. The van der Waals surface area contributed by atoms with Crippen LogP contribution in [0.3, 0.4) is 0 Å². The van der Waals surface area contributed by atoms with Crippen LogP contribution >= 0.6 is 0 Å². The highest BCUT2D eigenvalue weighted by atomic mass is 16.4. The van der Waals surface area contributed by atoms with Gasteiger partial charge in [0.05, 0.1) is 17.9 Å². The molecule has 0 aliphatic carbocycles. The second-order valence-corrected chi connectivity index (χ2v) is 4.71. The Bertz CT molecular complexity index is 495. The van der Waals surface area contributed by atoms with Gasteiger partial charge in [0.25, 0.3) is 0 Å². The van der Waals surface area contributed by atoms with Crippen LogP contribution in [0.1, 0.15) is 38.1 Å². The van der Waals surface area contributed by atoms with Crippen molar-refractivity contribution < 1.29 is 14.7 Å². The van der Waals surface area contributed by atoms with Crippen molar-refractivity contribution in [2.75, 3.05) is 0 Å². The molecule has 19 heavy (non-hydrogen) atoms. The molecule has 0 aromatic carbocycles. The molecule has 0 bridgehead atoms. The minimum Gasteiger partial charge on any atom is -0.480 e. The van der Waals surface area contributed by atoms with E-state index in [0.717, 1.165) is 24.4 Å². The van der Waals surface area contributed by atoms with E-state index in [9.17, 15) is 9.59 Å². The van der Waals surface area contributed by atoms with E-state index in [-0.39, 0.29) is 5.91 Å². The number of amides is 1. The molecular formula is C13H19N3O3. The van der Waals surface area contributed by atoms with Crippen LogP contribution in [0.15, 0.2) is 6.07 Å². The monoisotopic (exact) mass is 265 g/mol. The zero-order chi connectivity index (χ0) is 14.0. The van der Waals surface area contributed by atoms with Crippen molar-refractivity contribution in [3.63, 3.8) is 0 Å². The van der Waals surface area contributed by atoms with Gasteiger partial charge in [-0.15, -0.1) is 0 Å². The van der Waals surface area contributed by atoms with E-state index in [1.165, 1.54) is 4.90 Å². The molecule has 1 amide bonds. The fourth-order valence-corrected chi connectivity index (χ4v) is 2.45. The van der Waals surface area contributed by atoms with Crippen LogP contribution in [0.5, 0.6) is 0 Å². The van der Waals surface area contributed by atoms with Gasteiger partial charge in [-0.1, -0.05) is 6.92 Å². The van der Waals surface area contributed by atoms with E-state index in [1.807, 2.05) is 24.6 Å². The van der Waals surface area contributed by atoms with Crippen LogP contribution in [0.4, 0.5) is 0 Å². The lowest BCUT2D eigenvalue weighted by Crippen LogP contribution is -2.38. The van der Waals surface area contributed by atoms with Gasteiger partial charge < -0.3 is 10.0 Å². The summed E-state index contributed by atoms with van der Waals surface area (Å²) in [6.45, 7) is 5.05. The molecule has 1 fully saturated rings. The summed E-state index contributed by atoms with van der Waals surface area (Å²) in [4.78, 5) is 24.4. The first-order valence-corrected chi connectivity index (χ1v) is 6.64. The first-order chi connectivity index (χ1) is 9.06. The van der Waals surface area contributed by atoms with Crippen molar-refractivity contribution in [3.05, 3.63) is 17.5 Å². The van der Waals surface area contributed by atoms with Gasteiger partial charge in [0, 0.05) is 13.0 Å². The Morgan fingerprint density at radius 2 is 2.26 bits per heavy atom. The van der Waals surface area contributed by atoms with Gasteiger partial charge in [-0.3, -0.25) is 9.48 Å². The number of aliphatic carboxylic acids is 1.